The molecule has 102 valence electrons. The Kier molecular flexibility index (Phi) is 4.16. The molecule has 0 aliphatic rings. The Bertz CT molecular complexity index is 555. The van der Waals surface area contributed by atoms with Crippen molar-refractivity contribution in [1.29, 1.82) is 0 Å². The summed E-state index contributed by atoms with van der Waals surface area (Å²) in [6.45, 7) is 4.85. The van der Waals surface area contributed by atoms with Crippen LogP contribution in [-0.4, -0.2) is 26.8 Å². The van der Waals surface area contributed by atoms with E-state index in [-0.39, 0.29) is 12.6 Å². The molecule has 19 heavy (non-hydrogen) atoms. The average Bonchev–Trinajstić information content (AvgIpc) is 2.81. The van der Waals surface area contributed by atoms with Crippen LogP contribution in [0.4, 0.5) is 8.78 Å². The minimum absolute atomic E-state index is 0.0384. The van der Waals surface area contributed by atoms with Crippen LogP contribution >= 0.6 is 0 Å². The van der Waals surface area contributed by atoms with Gasteiger partial charge in [-0.25, -0.2) is 13.5 Å². The highest BCUT2D eigenvalue weighted by molar-refractivity contribution is 5.19. The van der Waals surface area contributed by atoms with Gasteiger partial charge in [0.25, 0.3) is 0 Å². The second kappa shape index (κ2) is 5.83. The maximum atomic E-state index is 13.6. The van der Waals surface area contributed by atoms with Gasteiger partial charge in [-0.3, -0.25) is 0 Å². The van der Waals surface area contributed by atoms with Crippen LogP contribution in [0.15, 0.2) is 18.2 Å². The maximum absolute atomic E-state index is 13.6. The van der Waals surface area contributed by atoms with Crippen LogP contribution in [0.3, 0.4) is 0 Å². The summed E-state index contributed by atoms with van der Waals surface area (Å²) in [6.07, 6.45) is 0. The predicted molar refractivity (Wildman–Crippen MR) is 65.4 cm³/mol. The molecule has 2 rings (SSSR count). The Hall–Kier alpha value is -1.89. The highest BCUT2D eigenvalue weighted by atomic mass is 19.1. The number of hydrogen-bond donors (Lipinski definition) is 1. The van der Waals surface area contributed by atoms with Crippen LogP contribution in [0.25, 0.3) is 0 Å². The van der Waals surface area contributed by atoms with E-state index in [9.17, 15) is 8.78 Å². The summed E-state index contributed by atoms with van der Waals surface area (Å²) < 4.78 is 27.9. The summed E-state index contributed by atoms with van der Waals surface area (Å²) in [5.41, 5.74) is 0.346. The highest BCUT2D eigenvalue weighted by Crippen LogP contribution is 2.13. The minimum atomic E-state index is -0.599. The number of tetrazole rings is 1. The molecule has 0 aliphatic carbocycles. The molecule has 0 bridgehead atoms. The van der Waals surface area contributed by atoms with Crippen molar-refractivity contribution in [2.75, 3.05) is 6.54 Å². The molecule has 1 aromatic heterocycles. The van der Waals surface area contributed by atoms with E-state index in [0.29, 0.717) is 11.4 Å². The van der Waals surface area contributed by atoms with Gasteiger partial charge in [0, 0.05) is 11.6 Å². The van der Waals surface area contributed by atoms with Gasteiger partial charge in [0.1, 0.15) is 11.6 Å². The number of nitrogens with zero attached hydrogens (tertiary/aromatic N) is 4. The number of benzene rings is 1. The van der Waals surface area contributed by atoms with E-state index in [2.05, 4.69) is 20.8 Å². The summed E-state index contributed by atoms with van der Waals surface area (Å²) in [4.78, 5) is 0. The summed E-state index contributed by atoms with van der Waals surface area (Å²) in [7, 11) is 0. The fourth-order valence-electron chi connectivity index (χ4n) is 1.84. The topological polar surface area (TPSA) is 55.6 Å². The largest absolute Gasteiger partial charge is 0.308 e. The quantitative estimate of drug-likeness (QED) is 0.895. The van der Waals surface area contributed by atoms with Gasteiger partial charge in [0.15, 0.2) is 5.82 Å². The first-order valence-electron chi connectivity index (χ1n) is 6.05. The lowest BCUT2D eigenvalue weighted by atomic mass is 10.2. The predicted octanol–water partition coefficient (Wildman–Crippen LogP) is 1.67. The number of halogens is 2. The van der Waals surface area contributed by atoms with E-state index >= 15 is 0 Å². The molecule has 0 spiro atoms. The summed E-state index contributed by atoms with van der Waals surface area (Å²) in [5, 5.41) is 14.5. The van der Waals surface area contributed by atoms with Gasteiger partial charge in [-0.1, -0.05) is 13.0 Å². The smallest absolute Gasteiger partial charge is 0.168 e. The van der Waals surface area contributed by atoms with Gasteiger partial charge < -0.3 is 5.32 Å². The van der Waals surface area contributed by atoms with Crippen molar-refractivity contribution in [2.45, 2.75) is 26.4 Å². The standard InChI is InChI=1S/C12H15F2N5/c1-3-15-8(2)12-16-17-18-19(12)7-9-4-5-10(13)6-11(9)14/h4-6,8,15H,3,7H2,1-2H3. The lowest BCUT2D eigenvalue weighted by Gasteiger charge is -2.12. The third kappa shape index (κ3) is 3.11. The average molecular weight is 267 g/mol. The van der Waals surface area contributed by atoms with E-state index in [4.69, 9.17) is 0 Å². The molecule has 0 aliphatic heterocycles. The van der Waals surface area contributed by atoms with Crippen LogP contribution in [0, 0.1) is 11.6 Å². The summed E-state index contributed by atoms with van der Waals surface area (Å²) in [6, 6.07) is 3.43. The third-order valence-corrected chi connectivity index (χ3v) is 2.79. The van der Waals surface area contributed by atoms with Crippen LogP contribution in [0.2, 0.25) is 0 Å². The van der Waals surface area contributed by atoms with Crippen molar-refractivity contribution in [1.82, 2.24) is 25.5 Å². The molecule has 1 heterocycles. The van der Waals surface area contributed by atoms with Crippen molar-refractivity contribution in [3.8, 4) is 0 Å². The molecule has 1 N–H and O–H groups in total. The molecule has 0 saturated heterocycles. The van der Waals surface area contributed by atoms with Gasteiger partial charge in [-0.15, -0.1) is 5.10 Å². The molecule has 2 aromatic rings. The molecule has 0 fully saturated rings. The van der Waals surface area contributed by atoms with Crippen molar-refractivity contribution >= 4 is 0 Å². The molecule has 7 heteroatoms. The maximum Gasteiger partial charge on any atom is 0.168 e. The van der Waals surface area contributed by atoms with Crippen LogP contribution in [0.1, 0.15) is 31.3 Å². The fraction of sp³-hybridized carbons (Fsp3) is 0.417. The molecule has 0 saturated carbocycles. The van der Waals surface area contributed by atoms with Gasteiger partial charge in [0.2, 0.25) is 0 Å². The lowest BCUT2D eigenvalue weighted by Crippen LogP contribution is -2.22. The summed E-state index contributed by atoms with van der Waals surface area (Å²) in [5.74, 6) is -0.581. The van der Waals surface area contributed by atoms with Gasteiger partial charge in [-0.2, -0.15) is 0 Å². The highest BCUT2D eigenvalue weighted by Gasteiger charge is 2.15. The molecule has 1 atom stereocenters. The molecule has 5 nitrogen and oxygen atoms in total. The molecule has 1 unspecified atom stereocenters. The second-order valence-corrected chi connectivity index (χ2v) is 4.21. The Balaban J connectivity index is 2.21. The minimum Gasteiger partial charge on any atom is -0.308 e. The molecular formula is C12H15F2N5. The van der Waals surface area contributed by atoms with Crippen molar-refractivity contribution in [3.05, 3.63) is 41.2 Å². The Morgan fingerprint density at radius 1 is 1.37 bits per heavy atom. The van der Waals surface area contributed by atoms with E-state index in [0.717, 1.165) is 12.6 Å². The Morgan fingerprint density at radius 3 is 2.84 bits per heavy atom. The monoisotopic (exact) mass is 267 g/mol. The summed E-state index contributed by atoms with van der Waals surface area (Å²) >= 11 is 0. The van der Waals surface area contributed by atoms with Crippen LogP contribution in [0.5, 0.6) is 0 Å². The van der Waals surface area contributed by atoms with E-state index < -0.39 is 11.6 Å². The second-order valence-electron chi connectivity index (χ2n) is 4.21. The first-order valence-corrected chi connectivity index (χ1v) is 6.05. The fourth-order valence-corrected chi connectivity index (χ4v) is 1.84. The van der Waals surface area contributed by atoms with Crippen LogP contribution < -0.4 is 5.32 Å². The van der Waals surface area contributed by atoms with Crippen molar-refractivity contribution in [3.63, 3.8) is 0 Å². The molecule has 1 aromatic carbocycles. The normalized spacial score (nSPS) is 12.6. The Morgan fingerprint density at radius 2 is 2.16 bits per heavy atom. The van der Waals surface area contributed by atoms with Gasteiger partial charge in [-0.05, 0) is 30.0 Å². The zero-order chi connectivity index (χ0) is 13.8. The molecular weight excluding hydrogens is 252 g/mol. The number of rotatable bonds is 5. The SMILES string of the molecule is CCNC(C)c1nnnn1Cc1ccc(F)cc1F. The zero-order valence-electron chi connectivity index (χ0n) is 10.8. The number of hydrogen-bond acceptors (Lipinski definition) is 4. The Labute approximate surface area is 109 Å². The number of nitrogens with one attached hydrogen (secondary N) is 1. The van der Waals surface area contributed by atoms with Gasteiger partial charge in [0.05, 0.1) is 12.6 Å². The van der Waals surface area contributed by atoms with E-state index in [1.165, 1.54) is 16.8 Å². The first-order chi connectivity index (χ1) is 9.11. The lowest BCUT2D eigenvalue weighted by molar-refractivity contribution is 0.504. The number of aromatic nitrogens is 4. The third-order valence-electron chi connectivity index (χ3n) is 2.79. The van der Waals surface area contributed by atoms with E-state index in [1.807, 2.05) is 13.8 Å². The van der Waals surface area contributed by atoms with E-state index in [1.54, 1.807) is 0 Å². The van der Waals surface area contributed by atoms with Gasteiger partial charge >= 0.3 is 0 Å². The first kappa shape index (κ1) is 13.5. The van der Waals surface area contributed by atoms with Crippen molar-refractivity contribution < 1.29 is 8.78 Å². The molecule has 0 amide bonds. The molecule has 0 radical (unpaired) electrons. The van der Waals surface area contributed by atoms with Crippen LogP contribution in [-0.2, 0) is 6.54 Å². The van der Waals surface area contributed by atoms with Crippen molar-refractivity contribution in [2.24, 2.45) is 0 Å². The zero-order valence-corrected chi connectivity index (χ0v) is 10.8.